The number of piperidine rings is 1. The summed E-state index contributed by atoms with van der Waals surface area (Å²) in [5.41, 5.74) is 1.05. The number of rotatable bonds is 4. The van der Waals surface area contributed by atoms with E-state index >= 15 is 0 Å². The van der Waals surface area contributed by atoms with Crippen molar-refractivity contribution in [2.24, 2.45) is 0 Å². The van der Waals surface area contributed by atoms with Crippen molar-refractivity contribution >= 4 is 0 Å². The van der Waals surface area contributed by atoms with E-state index in [0.29, 0.717) is 12.5 Å². The van der Waals surface area contributed by atoms with Crippen LogP contribution in [0.5, 0.6) is 0 Å². The maximum absolute atomic E-state index is 12.2. The van der Waals surface area contributed by atoms with Gasteiger partial charge >= 0.3 is 5.69 Å². The summed E-state index contributed by atoms with van der Waals surface area (Å²) in [6.45, 7) is 2.89. The Morgan fingerprint density at radius 1 is 1.04 bits per heavy atom. The van der Waals surface area contributed by atoms with Crippen molar-refractivity contribution in [3.05, 3.63) is 52.2 Å². The highest BCUT2D eigenvalue weighted by Gasteiger charge is 2.30. The maximum atomic E-state index is 12.2. The highest BCUT2D eigenvalue weighted by Crippen LogP contribution is 2.31. The van der Waals surface area contributed by atoms with Crippen LogP contribution in [0.4, 0.5) is 0 Å². The van der Waals surface area contributed by atoms with Gasteiger partial charge in [0.25, 0.3) is 0 Å². The van der Waals surface area contributed by atoms with Gasteiger partial charge in [0.2, 0.25) is 0 Å². The number of likely N-dealkylation sites (tertiary alicyclic amines) is 1. The number of hydrogen-bond donors (Lipinski definition) is 1. The van der Waals surface area contributed by atoms with E-state index in [4.69, 9.17) is 0 Å². The third-order valence-electron chi connectivity index (χ3n) is 5.71. The fraction of sp³-hybridized carbons (Fsp3) is 0.579. The first-order valence-corrected chi connectivity index (χ1v) is 9.24. The molecule has 2 heterocycles. The Kier molecular flexibility index (Phi) is 4.52. The lowest BCUT2D eigenvalue weighted by Gasteiger charge is -2.35. The average molecular weight is 326 g/mol. The molecule has 1 saturated carbocycles. The summed E-state index contributed by atoms with van der Waals surface area (Å²) in [7, 11) is 0. The number of benzene rings is 1. The molecule has 1 aromatic heterocycles. The predicted molar refractivity (Wildman–Crippen MR) is 94.2 cm³/mol. The molecule has 0 atom stereocenters. The zero-order valence-electron chi connectivity index (χ0n) is 14.2. The Hall–Kier alpha value is -1.88. The Bertz CT molecular complexity index is 706. The molecule has 0 spiro atoms. The van der Waals surface area contributed by atoms with Gasteiger partial charge in [-0.15, -0.1) is 0 Å². The Morgan fingerprint density at radius 2 is 1.75 bits per heavy atom. The van der Waals surface area contributed by atoms with Gasteiger partial charge in [-0.3, -0.25) is 4.57 Å². The van der Waals surface area contributed by atoms with Crippen molar-refractivity contribution in [3.8, 4) is 0 Å². The molecule has 1 aliphatic heterocycles. The fourth-order valence-electron chi connectivity index (χ4n) is 4.35. The van der Waals surface area contributed by atoms with E-state index in [0.717, 1.165) is 43.4 Å². The minimum absolute atomic E-state index is 0.0907. The molecular formula is C19H26N4O. The van der Waals surface area contributed by atoms with Crippen LogP contribution in [0.1, 0.15) is 55.8 Å². The highest BCUT2D eigenvalue weighted by molar-refractivity contribution is 5.16. The first kappa shape index (κ1) is 15.6. The van der Waals surface area contributed by atoms with Crippen LogP contribution < -0.4 is 5.69 Å². The Balaban J connectivity index is 1.46. The summed E-state index contributed by atoms with van der Waals surface area (Å²) >= 11 is 0. The zero-order chi connectivity index (χ0) is 16.4. The van der Waals surface area contributed by atoms with Crippen LogP contribution >= 0.6 is 0 Å². The molecule has 5 nitrogen and oxygen atoms in total. The molecule has 2 fully saturated rings. The van der Waals surface area contributed by atoms with Crippen molar-refractivity contribution in [3.63, 3.8) is 0 Å². The first-order chi connectivity index (χ1) is 11.8. The second-order valence-corrected chi connectivity index (χ2v) is 7.21. The van der Waals surface area contributed by atoms with Gasteiger partial charge in [-0.2, -0.15) is 5.10 Å². The average Bonchev–Trinajstić information content (AvgIpc) is 3.27. The van der Waals surface area contributed by atoms with Gasteiger partial charge in [-0.05, 0) is 44.3 Å². The summed E-state index contributed by atoms with van der Waals surface area (Å²) in [4.78, 5) is 14.9. The van der Waals surface area contributed by atoms with Crippen LogP contribution in [0.15, 0.2) is 35.1 Å². The van der Waals surface area contributed by atoms with Gasteiger partial charge in [-0.1, -0.05) is 43.2 Å². The van der Waals surface area contributed by atoms with Crippen LogP contribution in [0, 0.1) is 0 Å². The monoisotopic (exact) mass is 326 g/mol. The van der Waals surface area contributed by atoms with E-state index in [2.05, 4.69) is 27.2 Å². The Labute approximate surface area is 142 Å². The third kappa shape index (κ3) is 3.18. The van der Waals surface area contributed by atoms with Crippen LogP contribution in [0.25, 0.3) is 0 Å². The summed E-state index contributed by atoms with van der Waals surface area (Å²) in [6.07, 6.45) is 7.73. The van der Waals surface area contributed by atoms with E-state index in [9.17, 15) is 4.79 Å². The molecule has 0 unspecified atom stereocenters. The number of H-pyrrole nitrogens is 1. The molecule has 1 N–H and O–H groups in total. The normalized spacial score (nSPS) is 20.7. The van der Waals surface area contributed by atoms with Crippen molar-refractivity contribution in [1.29, 1.82) is 0 Å². The van der Waals surface area contributed by atoms with Crippen LogP contribution in [-0.2, 0) is 6.54 Å². The van der Waals surface area contributed by atoms with E-state index in [1.807, 2.05) is 22.8 Å². The minimum atomic E-state index is -0.0907. The van der Waals surface area contributed by atoms with Crippen LogP contribution in [0.3, 0.4) is 0 Å². The molecule has 1 aliphatic carbocycles. The van der Waals surface area contributed by atoms with Crippen LogP contribution in [-0.4, -0.2) is 38.8 Å². The maximum Gasteiger partial charge on any atom is 0.343 e. The van der Waals surface area contributed by atoms with E-state index in [1.165, 1.54) is 25.7 Å². The largest absolute Gasteiger partial charge is 0.343 e. The van der Waals surface area contributed by atoms with E-state index < -0.39 is 0 Å². The van der Waals surface area contributed by atoms with Gasteiger partial charge < -0.3 is 4.90 Å². The molecule has 0 bridgehead atoms. The summed E-state index contributed by atoms with van der Waals surface area (Å²) in [5.74, 6) is 1.33. The van der Waals surface area contributed by atoms with Gasteiger partial charge in [0.1, 0.15) is 5.82 Å². The second-order valence-electron chi connectivity index (χ2n) is 7.21. The molecule has 1 aromatic carbocycles. The van der Waals surface area contributed by atoms with Gasteiger partial charge in [0.05, 0.1) is 6.54 Å². The van der Waals surface area contributed by atoms with Crippen molar-refractivity contribution in [2.45, 2.75) is 57.0 Å². The molecule has 128 valence electrons. The minimum Gasteiger partial charge on any atom is -0.300 e. The molecule has 2 aliphatic rings. The first-order valence-electron chi connectivity index (χ1n) is 9.24. The molecule has 2 aromatic rings. The van der Waals surface area contributed by atoms with Gasteiger partial charge in [0.15, 0.2) is 0 Å². The molecule has 1 saturated heterocycles. The zero-order valence-corrected chi connectivity index (χ0v) is 14.2. The molecule has 0 radical (unpaired) electrons. The second kappa shape index (κ2) is 6.93. The van der Waals surface area contributed by atoms with Crippen molar-refractivity contribution < 1.29 is 0 Å². The van der Waals surface area contributed by atoms with E-state index in [1.54, 1.807) is 0 Å². The lowest BCUT2D eigenvalue weighted by molar-refractivity contribution is 0.151. The standard InChI is InChI=1S/C19H26N4O/c24-19-21-20-18(23(19)14-15-6-2-1-3-7-15)16-10-12-22(13-11-16)17-8-4-5-9-17/h1-3,6-7,16-17H,4-5,8-14H2,(H,21,24). The SMILES string of the molecule is O=c1[nH]nc(C2CCN(C3CCCC3)CC2)n1Cc1ccccc1. The van der Waals surface area contributed by atoms with Gasteiger partial charge in [-0.25, -0.2) is 9.89 Å². The van der Waals surface area contributed by atoms with E-state index in [-0.39, 0.29) is 5.69 Å². The molecule has 5 heteroatoms. The highest BCUT2D eigenvalue weighted by atomic mass is 16.1. The smallest absolute Gasteiger partial charge is 0.300 e. The molecule has 0 amide bonds. The third-order valence-corrected chi connectivity index (χ3v) is 5.71. The molecular weight excluding hydrogens is 300 g/mol. The Morgan fingerprint density at radius 3 is 2.46 bits per heavy atom. The lowest BCUT2D eigenvalue weighted by Crippen LogP contribution is -2.40. The lowest BCUT2D eigenvalue weighted by atomic mass is 9.94. The summed E-state index contributed by atoms with van der Waals surface area (Å²) in [5, 5.41) is 7.03. The molecule has 4 rings (SSSR count). The van der Waals surface area contributed by atoms with Crippen molar-refractivity contribution in [1.82, 2.24) is 19.7 Å². The number of nitrogens with one attached hydrogen (secondary N) is 1. The summed E-state index contributed by atoms with van der Waals surface area (Å²) in [6, 6.07) is 11.0. The van der Waals surface area contributed by atoms with Gasteiger partial charge in [0, 0.05) is 12.0 Å². The number of aromatic nitrogens is 3. The topological polar surface area (TPSA) is 53.9 Å². The predicted octanol–water partition coefficient (Wildman–Crippen LogP) is 2.74. The van der Waals surface area contributed by atoms with Crippen molar-refractivity contribution in [2.75, 3.05) is 13.1 Å². The quantitative estimate of drug-likeness (QED) is 0.940. The number of aromatic amines is 1. The van der Waals surface area contributed by atoms with Crippen LogP contribution in [0.2, 0.25) is 0 Å². The molecule has 24 heavy (non-hydrogen) atoms. The number of hydrogen-bond acceptors (Lipinski definition) is 3. The summed E-state index contributed by atoms with van der Waals surface area (Å²) < 4.78 is 1.82. The number of nitrogens with zero attached hydrogens (tertiary/aromatic N) is 3. The fourth-order valence-corrected chi connectivity index (χ4v) is 4.35.